The highest BCUT2D eigenvalue weighted by Gasteiger charge is 2.20. The van der Waals surface area contributed by atoms with Crippen LogP contribution in [0.1, 0.15) is 25.0 Å². The minimum Gasteiger partial charge on any atom is -0.454 e. The van der Waals surface area contributed by atoms with Crippen LogP contribution in [0.15, 0.2) is 55.3 Å². The Morgan fingerprint density at radius 1 is 0.795 bits per heavy atom. The van der Waals surface area contributed by atoms with Crippen molar-refractivity contribution in [2.75, 3.05) is 13.6 Å². The van der Waals surface area contributed by atoms with Gasteiger partial charge in [-0.3, -0.25) is 9.59 Å². The number of amides is 2. The fraction of sp³-hybridized carbons (Fsp3) is 0.250. The van der Waals surface area contributed by atoms with Gasteiger partial charge in [0, 0.05) is 0 Å². The first kappa shape index (κ1) is 26.8. The summed E-state index contributed by atoms with van der Waals surface area (Å²) in [6.45, 7) is 3.88. The van der Waals surface area contributed by atoms with Crippen LogP contribution >= 0.6 is 34.9 Å². The summed E-state index contributed by atoms with van der Waals surface area (Å²) < 4.78 is 22.4. The largest absolute Gasteiger partial charge is 0.454 e. The van der Waals surface area contributed by atoms with E-state index in [9.17, 15) is 9.59 Å². The lowest BCUT2D eigenvalue weighted by Gasteiger charge is -2.07. The number of benzene rings is 2. The van der Waals surface area contributed by atoms with E-state index in [1.165, 1.54) is 47.3 Å². The Kier molecular flexibility index (Phi) is 8.48. The highest BCUT2D eigenvalue weighted by molar-refractivity contribution is 8.04. The van der Waals surface area contributed by atoms with Crippen LogP contribution in [0.4, 0.5) is 0 Å². The van der Waals surface area contributed by atoms with E-state index in [0.717, 1.165) is 11.1 Å². The molecule has 15 heteroatoms. The maximum absolute atomic E-state index is 12.4. The van der Waals surface area contributed by atoms with Crippen molar-refractivity contribution in [3.05, 3.63) is 47.5 Å². The lowest BCUT2D eigenvalue weighted by Crippen LogP contribution is -2.26. The zero-order chi connectivity index (χ0) is 27.2. The maximum atomic E-state index is 12.4. The highest BCUT2D eigenvalue weighted by atomic mass is 32.2. The number of hydrazone groups is 2. The average molecular weight is 587 g/mol. The van der Waals surface area contributed by atoms with E-state index in [-0.39, 0.29) is 25.4 Å². The monoisotopic (exact) mass is 586 g/mol. The van der Waals surface area contributed by atoms with Gasteiger partial charge in [-0.1, -0.05) is 34.9 Å². The van der Waals surface area contributed by atoms with Crippen molar-refractivity contribution in [2.24, 2.45) is 10.2 Å². The molecule has 0 aliphatic carbocycles. The predicted molar refractivity (Wildman–Crippen MR) is 147 cm³/mol. The summed E-state index contributed by atoms with van der Waals surface area (Å²) in [5.41, 5.74) is 6.58. The third-order valence-corrected chi connectivity index (χ3v) is 8.54. The number of thioether (sulfide) groups is 2. The first-order valence-corrected chi connectivity index (χ1v) is 14.1. The van der Waals surface area contributed by atoms with Crippen molar-refractivity contribution in [1.82, 2.24) is 21.0 Å². The van der Waals surface area contributed by atoms with Crippen LogP contribution < -0.4 is 29.8 Å². The molecule has 0 unspecified atom stereocenters. The SMILES string of the molecule is C[C@@H](Sc1nnc(S[C@H](C)C(=O)N/N=C\c2ccc3c(c2)OCO3)s1)C(=O)N/N=C\c1ccc2c(c1)OCO2. The van der Waals surface area contributed by atoms with Gasteiger partial charge in [-0.05, 0) is 61.4 Å². The zero-order valence-corrected chi connectivity index (χ0v) is 23.1. The summed E-state index contributed by atoms with van der Waals surface area (Å²) in [7, 11) is 0. The zero-order valence-electron chi connectivity index (χ0n) is 20.7. The van der Waals surface area contributed by atoms with Gasteiger partial charge in [0.15, 0.2) is 31.7 Å². The molecule has 1 aromatic heterocycles. The topological polar surface area (TPSA) is 146 Å². The molecule has 12 nitrogen and oxygen atoms in total. The van der Waals surface area contributed by atoms with Crippen molar-refractivity contribution < 1.29 is 28.5 Å². The second kappa shape index (κ2) is 12.4. The maximum Gasteiger partial charge on any atom is 0.253 e. The fourth-order valence-corrected chi connectivity index (χ4v) is 6.51. The molecule has 0 saturated carbocycles. The van der Waals surface area contributed by atoms with Gasteiger partial charge in [0.25, 0.3) is 11.8 Å². The first-order valence-electron chi connectivity index (χ1n) is 11.6. The van der Waals surface area contributed by atoms with Gasteiger partial charge in [-0.25, -0.2) is 10.9 Å². The van der Waals surface area contributed by atoms with E-state index in [4.69, 9.17) is 18.9 Å². The van der Waals surface area contributed by atoms with E-state index in [2.05, 4.69) is 31.3 Å². The summed E-state index contributed by atoms with van der Waals surface area (Å²) >= 11 is 3.82. The molecule has 2 amide bonds. The van der Waals surface area contributed by atoms with Crippen molar-refractivity contribution in [2.45, 2.75) is 33.0 Å². The van der Waals surface area contributed by atoms with Crippen molar-refractivity contribution in [1.29, 1.82) is 0 Å². The third kappa shape index (κ3) is 6.99. The molecule has 3 aromatic rings. The molecule has 2 atom stereocenters. The van der Waals surface area contributed by atoms with Gasteiger partial charge in [0.05, 0.1) is 22.9 Å². The Hall–Kier alpha value is -3.82. The molecule has 39 heavy (non-hydrogen) atoms. The second-order valence-corrected chi connectivity index (χ2v) is 12.2. The summed E-state index contributed by atoms with van der Waals surface area (Å²) in [4.78, 5) is 24.9. The number of rotatable bonds is 10. The molecule has 5 rings (SSSR count). The molecule has 0 bridgehead atoms. The molecular weight excluding hydrogens is 565 g/mol. The van der Waals surface area contributed by atoms with Gasteiger partial charge in [0.2, 0.25) is 13.6 Å². The molecule has 0 radical (unpaired) electrons. The number of nitrogens with one attached hydrogen (secondary N) is 2. The van der Waals surface area contributed by atoms with E-state index in [0.29, 0.717) is 31.7 Å². The van der Waals surface area contributed by atoms with Gasteiger partial charge < -0.3 is 18.9 Å². The predicted octanol–water partition coefficient (Wildman–Crippen LogP) is 3.26. The summed E-state index contributed by atoms with van der Waals surface area (Å²) in [6.07, 6.45) is 3.06. The minimum absolute atomic E-state index is 0.192. The normalized spacial score (nSPS) is 15.0. The number of nitrogens with zero attached hydrogens (tertiary/aromatic N) is 4. The second-order valence-electron chi connectivity index (χ2n) is 8.05. The number of fused-ring (bicyclic) bond motifs is 2. The van der Waals surface area contributed by atoms with E-state index < -0.39 is 10.5 Å². The van der Waals surface area contributed by atoms with Gasteiger partial charge >= 0.3 is 0 Å². The lowest BCUT2D eigenvalue weighted by atomic mass is 10.2. The standard InChI is InChI=1S/C24H22N6O6S3/c1-13(21(31)27-25-9-15-3-5-17-19(7-15)35-11-33-17)37-23-29-30-24(39-23)38-14(2)22(32)28-26-10-16-4-6-18-20(8-16)36-12-34-18/h3-10,13-14H,11-12H2,1-2H3,(H,27,31)(H,28,32)/b25-9-,26-10-/t13-,14-/m1/s1. The molecule has 202 valence electrons. The van der Waals surface area contributed by atoms with Crippen LogP contribution in [-0.2, 0) is 9.59 Å². The van der Waals surface area contributed by atoms with E-state index >= 15 is 0 Å². The molecule has 2 aromatic carbocycles. The molecular formula is C24H22N6O6S3. The minimum atomic E-state index is -0.462. The summed E-state index contributed by atoms with van der Waals surface area (Å²) in [6, 6.07) is 10.8. The molecule has 2 aliphatic heterocycles. The number of carbonyl (C=O) groups excluding carboxylic acids is 2. The van der Waals surface area contributed by atoms with E-state index in [1.807, 2.05) is 12.1 Å². The number of carbonyl (C=O) groups is 2. The smallest absolute Gasteiger partial charge is 0.253 e. The Morgan fingerprint density at radius 2 is 1.23 bits per heavy atom. The molecule has 3 heterocycles. The molecule has 0 spiro atoms. The molecule has 0 fully saturated rings. The average Bonchev–Trinajstić information content (AvgIpc) is 3.69. The van der Waals surface area contributed by atoms with Crippen LogP contribution in [0.25, 0.3) is 0 Å². The summed E-state index contributed by atoms with van der Waals surface area (Å²) in [5, 5.41) is 15.4. The first-order chi connectivity index (χ1) is 18.9. The summed E-state index contributed by atoms with van der Waals surface area (Å²) in [5.74, 6) is 2.07. The Balaban J connectivity index is 1.05. The van der Waals surface area contributed by atoms with Crippen LogP contribution in [0.2, 0.25) is 0 Å². The van der Waals surface area contributed by atoms with Crippen molar-refractivity contribution in [3.8, 4) is 23.0 Å². The highest BCUT2D eigenvalue weighted by Crippen LogP contribution is 2.34. The number of aromatic nitrogens is 2. The van der Waals surface area contributed by atoms with Crippen LogP contribution in [-0.4, -0.2) is 58.5 Å². The van der Waals surface area contributed by atoms with E-state index in [1.54, 1.807) is 38.1 Å². The number of hydrogen-bond donors (Lipinski definition) is 2. The van der Waals surface area contributed by atoms with Crippen LogP contribution in [0, 0.1) is 0 Å². The molecule has 2 aliphatic rings. The van der Waals surface area contributed by atoms with Gasteiger partial charge in [0.1, 0.15) is 0 Å². The Morgan fingerprint density at radius 3 is 1.69 bits per heavy atom. The number of ether oxygens (including phenoxy) is 4. The van der Waals surface area contributed by atoms with Crippen molar-refractivity contribution in [3.63, 3.8) is 0 Å². The van der Waals surface area contributed by atoms with Crippen LogP contribution in [0.5, 0.6) is 23.0 Å². The quantitative estimate of drug-likeness (QED) is 0.206. The number of hydrogen-bond acceptors (Lipinski definition) is 13. The molecule has 0 saturated heterocycles. The Labute approximate surface area is 235 Å². The fourth-order valence-electron chi connectivity index (χ4n) is 3.21. The Bertz CT molecular complexity index is 1330. The van der Waals surface area contributed by atoms with Gasteiger partial charge in [-0.2, -0.15) is 10.2 Å². The van der Waals surface area contributed by atoms with Crippen molar-refractivity contribution >= 4 is 59.1 Å². The third-order valence-electron chi connectivity index (χ3n) is 5.25. The molecule has 2 N–H and O–H groups in total. The van der Waals surface area contributed by atoms with Gasteiger partial charge in [-0.15, -0.1) is 10.2 Å². The van der Waals surface area contributed by atoms with Crippen LogP contribution in [0.3, 0.4) is 0 Å². The lowest BCUT2D eigenvalue weighted by molar-refractivity contribution is -0.121.